The third kappa shape index (κ3) is 7.80. The van der Waals surface area contributed by atoms with E-state index in [-0.39, 0.29) is 49.3 Å². The molecule has 14 heteroatoms. The van der Waals surface area contributed by atoms with E-state index in [2.05, 4.69) is 57.7 Å². The number of aryl methyl sites for hydroxylation is 1. The molecule has 0 amide bonds. The summed E-state index contributed by atoms with van der Waals surface area (Å²) >= 11 is 0. The Kier molecular flexibility index (Phi) is 11.3. The molecule has 2 aliphatic rings. The van der Waals surface area contributed by atoms with Crippen LogP contribution in [-0.4, -0.2) is 50.5 Å². The topological polar surface area (TPSA) is 89.1 Å². The van der Waals surface area contributed by atoms with Crippen LogP contribution in [0.15, 0.2) is 109 Å². The number of benzene rings is 4. The van der Waals surface area contributed by atoms with Gasteiger partial charge in [0.1, 0.15) is 6.10 Å². The lowest BCUT2D eigenvalue weighted by molar-refractivity contribution is -0.143. The maximum atomic E-state index is 13.9. The Bertz CT molecular complexity index is 2080. The minimum Gasteiger partial charge on any atom is -0.374 e. The van der Waals surface area contributed by atoms with Crippen molar-refractivity contribution in [3.8, 4) is 6.07 Å². The Balaban J connectivity index is 1.22. The molecule has 8 nitrogen and oxygen atoms in total. The van der Waals surface area contributed by atoms with Gasteiger partial charge in [-0.05, 0) is 77.1 Å². The van der Waals surface area contributed by atoms with Crippen molar-refractivity contribution in [2.24, 2.45) is 0 Å². The van der Waals surface area contributed by atoms with Crippen LogP contribution in [0.4, 0.5) is 26.3 Å². The second-order valence-corrected chi connectivity index (χ2v) is 14.3. The van der Waals surface area contributed by atoms with Crippen molar-refractivity contribution in [3.63, 3.8) is 0 Å². The molecule has 1 aromatic heterocycles. The van der Waals surface area contributed by atoms with E-state index in [0.29, 0.717) is 42.9 Å². The van der Waals surface area contributed by atoms with E-state index >= 15 is 0 Å². The molecule has 0 N–H and O–H groups in total. The summed E-state index contributed by atoms with van der Waals surface area (Å²) in [6, 6.07) is 32.1. The normalized spacial score (nSPS) is 22.4. The zero-order valence-corrected chi connectivity index (χ0v) is 30.5. The largest absolute Gasteiger partial charge is 0.416 e. The van der Waals surface area contributed by atoms with Gasteiger partial charge in [0.25, 0.3) is 0 Å². The zero-order chi connectivity index (χ0) is 39.5. The predicted octanol–water partition coefficient (Wildman–Crippen LogP) is 9.42. The number of alkyl halides is 6. The van der Waals surface area contributed by atoms with Crippen LogP contribution in [0.3, 0.4) is 0 Å². The van der Waals surface area contributed by atoms with Crippen molar-refractivity contribution < 1.29 is 35.8 Å². The van der Waals surface area contributed by atoms with Crippen LogP contribution in [0.1, 0.15) is 89.9 Å². The minimum atomic E-state index is -5.01. The first kappa shape index (κ1) is 39.1. The summed E-state index contributed by atoms with van der Waals surface area (Å²) in [5, 5.41) is 22.1. The highest BCUT2D eigenvalue weighted by atomic mass is 19.4. The van der Waals surface area contributed by atoms with Crippen LogP contribution in [0.2, 0.25) is 0 Å². The van der Waals surface area contributed by atoms with E-state index in [1.807, 2.05) is 36.4 Å². The molecule has 0 radical (unpaired) electrons. The Morgan fingerprint density at radius 2 is 1.41 bits per heavy atom. The van der Waals surface area contributed by atoms with Crippen molar-refractivity contribution in [2.75, 3.05) is 13.2 Å². The summed E-state index contributed by atoms with van der Waals surface area (Å²) in [6.07, 6.45) is -9.43. The SMILES string of the molecule is CC(c1ccccc1)N1[C@@H]2CC[C@H](OCCOC(c3ccccc3)c3cc(C(F)(F)F)cc(C(F)(F)F)c3)[C@@]1(c1ccccc1)C[C@@H]2c1nnnn1CCC#N. The van der Waals surface area contributed by atoms with E-state index in [9.17, 15) is 31.6 Å². The smallest absolute Gasteiger partial charge is 0.374 e. The number of nitrogens with zero attached hydrogens (tertiary/aromatic N) is 6. The van der Waals surface area contributed by atoms with Crippen molar-refractivity contribution in [1.29, 1.82) is 5.26 Å². The van der Waals surface area contributed by atoms with Crippen LogP contribution in [-0.2, 0) is 33.9 Å². The Morgan fingerprint density at radius 1 is 0.804 bits per heavy atom. The predicted molar refractivity (Wildman–Crippen MR) is 194 cm³/mol. The monoisotopic (exact) mass is 774 g/mol. The summed E-state index contributed by atoms with van der Waals surface area (Å²) in [5.41, 5.74) is -1.25. The molecule has 6 atom stereocenters. The zero-order valence-electron chi connectivity index (χ0n) is 30.5. The average molecular weight is 775 g/mol. The second kappa shape index (κ2) is 16.2. The van der Waals surface area contributed by atoms with Gasteiger partial charge in [0.05, 0.1) is 55.0 Å². The fourth-order valence-corrected chi connectivity index (χ4v) is 8.75. The lowest BCUT2D eigenvalue weighted by atomic mass is 9.77. The highest BCUT2D eigenvalue weighted by Crippen LogP contribution is 2.59. The molecular formula is C42H40F6N6O2. The number of piperidine rings is 1. The fourth-order valence-electron chi connectivity index (χ4n) is 8.75. The number of fused-ring (bicyclic) bond motifs is 2. The molecule has 56 heavy (non-hydrogen) atoms. The van der Waals surface area contributed by atoms with Gasteiger partial charge in [-0.3, -0.25) is 4.90 Å². The van der Waals surface area contributed by atoms with Crippen LogP contribution in [0.5, 0.6) is 0 Å². The van der Waals surface area contributed by atoms with E-state index in [4.69, 9.17) is 9.47 Å². The van der Waals surface area contributed by atoms with Crippen LogP contribution in [0.25, 0.3) is 0 Å². The average Bonchev–Trinajstić information content (AvgIpc) is 3.76. The summed E-state index contributed by atoms with van der Waals surface area (Å²) < 4.78 is 98.1. The first-order chi connectivity index (χ1) is 26.9. The summed E-state index contributed by atoms with van der Waals surface area (Å²) in [4.78, 5) is 2.51. The van der Waals surface area contributed by atoms with Gasteiger partial charge in [0.15, 0.2) is 5.82 Å². The van der Waals surface area contributed by atoms with Gasteiger partial charge >= 0.3 is 12.4 Å². The van der Waals surface area contributed by atoms with Gasteiger partial charge in [-0.2, -0.15) is 31.6 Å². The molecule has 0 saturated carbocycles. The number of aromatic nitrogens is 4. The van der Waals surface area contributed by atoms with Crippen molar-refractivity contribution in [2.45, 2.75) is 87.3 Å². The van der Waals surface area contributed by atoms with Crippen molar-refractivity contribution in [3.05, 3.63) is 148 Å². The standard InChI is InChI=1S/C42H40F6N6O2/c1-28(29-12-5-2-6-13-29)54-36-18-19-37(40(54,32-16-9-4-10-17-32)27-35(36)39-50-51-52-53(39)21-11-20-49)55-22-23-56-38(30-14-7-3-8-15-30)31-24-33(41(43,44)45)26-34(25-31)42(46,47)48/h2-10,12-17,24-26,28,35-38H,11,18-19,21-23,27H2,1H3/t28?,35-,36+,37-,38?,40-/m0/s1. The highest BCUT2D eigenvalue weighted by Gasteiger charge is 2.62. The molecule has 0 spiro atoms. The second-order valence-electron chi connectivity index (χ2n) is 14.3. The lowest BCUT2D eigenvalue weighted by Gasteiger charge is -2.52. The van der Waals surface area contributed by atoms with Crippen molar-refractivity contribution >= 4 is 0 Å². The molecule has 292 valence electrons. The van der Waals surface area contributed by atoms with Crippen LogP contribution < -0.4 is 0 Å². The van der Waals surface area contributed by atoms with Gasteiger partial charge < -0.3 is 9.47 Å². The van der Waals surface area contributed by atoms with Crippen molar-refractivity contribution in [1.82, 2.24) is 25.1 Å². The first-order valence-electron chi connectivity index (χ1n) is 18.5. The molecule has 2 fully saturated rings. The number of tetrazole rings is 1. The molecule has 4 aromatic carbocycles. The summed E-state index contributed by atoms with van der Waals surface area (Å²) in [5.74, 6) is 0.577. The maximum absolute atomic E-state index is 13.9. The maximum Gasteiger partial charge on any atom is 0.416 e. The Morgan fingerprint density at radius 3 is 2.02 bits per heavy atom. The lowest BCUT2D eigenvalue weighted by Crippen LogP contribution is -2.57. The van der Waals surface area contributed by atoms with Gasteiger partial charge in [-0.15, -0.1) is 5.10 Å². The van der Waals surface area contributed by atoms with E-state index < -0.39 is 41.2 Å². The van der Waals surface area contributed by atoms with Gasteiger partial charge in [0.2, 0.25) is 0 Å². The summed E-state index contributed by atoms with van der Waals surface area (Å²) in [7, 11) is 0. The van der Waals surface area contributed by atoms with Crippen LogP contribution >= 0.6 is 0 Å². The molecule has 2 saturated heterocycles. The van der Waals surface area contributed by atoms with E-state index in [0.717, 1.165) is 17.5 Å². The molecular weight excluding hydrogens is 734 g/mol. The molecule has 7 rings (SSSR count). The Hall–Kier alpha value is -5.10. The van der Waals surface area contributed by atoms with E-state index in [1.165, 1.54) is 0 Å². The first-order valence-corrected chi connectivity index (χ1v) is 18.5. The Labute approximate surface area is 320 Å². The quantitative estimate of drug-likeness (QED) is 0.0870. The summed E-state index contributed by atoms with van der Waals surface area (Å²) in [6.45, 7) is 2.41. The molecule has 2 bridgehead atoms. The molecule has 2 unspecified atom stereocenters. The van der Waals surface area contributed by atoms with Crippen LogP contribution in [0, 0.1) is 11.3 Å². The third-order valence-corrected chi connectivity index (χ3v) is 11.1. The fraction of sp³-hybridized carbons (Fsp3) is 0.381. The molecule has 0 aliphatic carbocycles. The van der Waals surface area contributed by atoms with Gasteiger partial charge in [0, 0.05) is 18.0 Å². The minimum absolute atomic E-state index is 0.000420. The molecule has 3 heterocycles. The highest BCUT2D eigenvalue weighted by molar-refractivity contribution is 5.39. The number of hydrogen-bond donors (Lipinski definition) is 0. The number of ether oxygens (including phenoxy) is 2. The van der Waals surface area contributed by atoms with Gasteiger partial charge in [-0.1, -0.05) is 91.0 Å². The number of hydrogen-bond acceptors (Lipinski definition) is 7. The number of halogens is 6. The molecule has 2 aliphatic heterocycles. The third-order valence-electron chi connectivity index (χ3n) is 11.1. The van der Waals surface area contributed by atoms with E-state index in [1.54, 1.807) is 35.0 Å². The van der Waals surface area contributed by atoms with Gasteiger partial charge in [-0.25, -0.2) is 4.68 Å². The number of rotatable bonds is 13. The molecule has 5 aromatic rings. The number of nitriles is 1.